The van der Waals surface area contributed by atoms with Crippen LogP contribution in [0.25, 0.3) is 0 Å². The highest BCUT2D eigenvalue weighted by Gasteiger charge is 2.40. The summed E-state index contributed by atoms with van der Waals surface area (Å²) in [5, 5.41) is -0.104. The van der Waals surface area contributed by atoms with Gasteiger partial charge in [0.2, 0.25) is 5.91 Å². The third-order valence-corrected chi connectivity index (χ3v) is 8.23. The van der Waals surface area contributed by atoms with Crippen LogP contribution in [0.15, 0.2) is 77.7 Å². The van der Waals surface area contributed by atoms with E-state index in [1.165, 1.54) is 12.1 Å². The van der Waals surface area contributed by atoms with Gasteiger partial charge in [-0.1, -0.05) is 48.0 Å². The molecule has 0 aliphatic carbocycles. The quantitative estimate of drug-likeness (QED) is 0.432. The molecule has 0 radical (unpaired) electrons. The predicted octanol–water partition coefficient (Wildman–Crippen LogP) is 4.54. The number of carbonyl (C=O) groups excluding carboxylic acids is 1. The Bertz CT molecular complexity index is 1240. The van der Waals surface area contributed by atoms with Gasteiger partial charge in [-0.2, -0.15) is 0 Å². The van der Waals surface area contributed by atoms with E-state index in [1.807, 2.05) is 48.5 Å². The molecule has 1 heterocycles. The molecule has 0 unspecified atom stereocenters. The molecule has 1 amide bonds. The van der Waals surface area contributed by atoms with Crippen LogP contribution in [0.4, 0.5) is 0 Å². The number of hydrogen-bond acceptors (Lipinski definition) is 5. The Kier molecular flexibility index (Phi) is 7.44. The molecule has 0 aromatic heterocycles. The Labute approximate surface area is 205 Å². The molecule has 0 N–H and O–H groups in total. The third kappa shape index (κ3) is 5.54. The van der Waals surface area contributed by atoms with E-state index in [4.69, 9.17) is 21.1 Å². The molecule has 0 bridgehead atoms. The van der Waals surface area contributed by atoms with Gasteiger partial charge < -0.3 is 14.4 Å². The normalized spacial score (nSPS) is 13.9. The van der Waals surface area contributed by atoms with Gasteiger partial charge in [-0.05, 0) is 53.9 Å². The van der Waals surface area contributed by atoms with Gasteiger partial charge in [-0.25, -0.2) is 8.42 Å². The van der Waals surface area contributed by atoms with Crippen molar-refractivity contribution in [2.75, 3.05) is 20.2 Å². The standard InChI is InChI=1S/C26H26ClNO5S/c1-32-24-13-7-19(15-25(24)33-18-20-5-3-2-4-6-20)8-14-26(29)28-16-23(17-28)34(30,31)22-11-9-21(27)10-12-22/h2-7,9-13,15,23H,8,14,16-18H2,1H3. The lowest BCUT2D eigenvalue weighted by atomic mass is 10.1. The van der Waals surface area contributed by atoms with E-state index in [2.05, 4.69) is 0 Å². The number of hydrogen-bond donors (Lipinski definition) is 0. The van der Waals surface area contributed by atoms with Crippen molar-refractivity contribution in [2.24, 2.45) is 0 Å². The van der Waals surface area contributed by atoms with Crippen molar-refractivity contribution in [2.45, 2.75) is 29.6 Å². The largest absolute Gasteiger partial charge is 0.493 e. The van der Waals surface area contributed by atoms with Crippen LogP contribution in [-0.4, -0.2) is 44.7 Å². The second-order valence-corrected chi connectivity index (χ2v) is 10.8. The summed E-state index contributed by atoms with van der Waals surface area (Å²) in [6.07, 6.45) is 0.813. The number of carbonyl (C=O) groups is 1. The van der Waals surface area contributed by atoms with E-state index >= 15 is 0 Å². The van der Waals surface area contributed by atoms with Crippen LogP contribution in [0.1, 0.15) is 17.5 Å². The Morgan fingerprint density at radius 1 is 0.971 bits per heavy atom. The summed E-state index contributed by atoms with van der Waals surface area (Å²) in [4.78, 5) is 14.5. The van der Waals surface area contributed by atoms with Crippen LogP contribution >= 0.6 is 11.6 Å². The first-order chi connectivity index (χ1) is 16.4. The highest BCUT2D eigenvalue weighted by Crippen LogP contribution is 2.30. The molecular weight excluding hydrogens is 474 g/mol. The molecular formula is C26H26ClNO5S. The maximum absolute atomic E-state index is 12.7. The zero-order chi connectivity index (χ0) is 24.1. The molecule has 1 fully saturated rings. The average molecular weight is 500 g/mol. The minimum absolute atomic E-state index is 0.0647. The van der Waals surface area contributed by atoms with Crippen LogP contribution < -0.4 is 9.47 Å². The van der Waals surface area contributed by atoms with E-state index in [1.54, 1.807) is 24.1 Å². The summed E-state index contributed by atoms with van der Waals surface area (Å²) in [7, 11) is -1.89. The second kappa shape index (κ2) is 10.5. The van der Waals surface area contributed by atoms with Crippen LogP contribution in [0.3, 0.4) is 0 Å². The zero-order valence-electron chi connectivity index (χ0n) is 18.8. The molecule has 1 saturated heterocycles. The summed E-state index contributed by atoms with van der Waals surface area (Å²) in [5.74, 6) is 1.18. The lowest BCUT2D eigenvalue weighted by Gasteiger charge is -2.38. The molecule has 6 nitrogen and oxygen atoms in total. The van der Waals surface area contributed by atoms with Gasteiger partial charge >= 0.3 is 0 Å². The molecule has 178 valence electrons. The number of halogens is 1. The fourth-order valence-corrected chi connectivity index (χ4v) is 5.57. The maximum atomic E-state index is 12.7. The number of likely N-dealkylation sites (tertiary alicyclic amines) is 1. The lowest BCUT2D eigenvalue weighted by Crippen LogP contribution is -2.56. The molecule has 0 atom stereocenters. The monoisotopic (exact) mass is 499 g/mol. The topological polar surface area (TPSA) is 72.9 Å². The van der Waals surface area contributed by atoms with E-state index in [0.29, 0.717) is 29.5 Å². The average Bonchev–Trinajstić information content (AvgIpc) is 2.81. The van der Waals surface area contributed by atoms with Crippen LogP contribution in [0, 0.1) is 0 Å². The Morgan fingerprint density at radius 2 is 1.68 bits per heavy atom. The van der Waals surface area contributed by atoms with Crippen LogP contribution in [0.5, 0.6) is 11.5 Å². The summed E-state index contributed by atoms with van der Waals surface area (Å²) < 4.78 is 36.8. The number of aryl methyl sites for hydroxylation is 1. The van der Waals surface area contributed by atoms with Gasteiger partial charge in [0.05, 0.1) is 12.0 Å². The van der Waals surface area contributed by atoms with Gasteiger partial charge in [0.15, 0.2) is 21.3 Å². The number of amides is 1. The number of nitrogens with zero attached hydrogens (tertiary/aromatic N) is 1. The minimum atomic E-state index is -3.48. The van der Waals surface area contributed by atoms with Crippen molar-refractivity contribution in [3.63, 3.8) is 0 Å². The highest BCUT2D eigenvalue weighted by atomic mass is 35.5. The van der Waals surface area contributed by atoms with E-state index in [9.17, 15) is 13.2 Å². The van der Waals surface area contributed by atoms with Crippen molar-refractivity contribution >= 4 is 27.3 Å². The van der Waals surface area contributed by atoms with Gasteiger partial charge in [-0.15, -0.1) is 0 Å². The van der Waals surface area contributed by atoms with Crippen molar-refractivity contribution in [3.8, 4) is 11.5 Å². The fraction of sp³-hybridized carbons (Fsp3) is 0.269. The molecule has 1 aliphatic heterocycles. The lowest BCUT2D eigenvalue weighted by molar-refractivity contribution is -0.134. The number of rotatable bonds is 9. The molecule has 1 aliphatic rings. The predicted molar refractivity (Wildman–Crippen MR) is 131 cm³/mol. The molecule has 0 spiro atoms. The van der Waals surface area contributed by atoms with Gasteiger partial charge in [0.1, 0.15) is 11.9 Å². The van der Waals surface area contributed by atoms with Crippen LogP contribution in [0.2, 0.25) is 5.02 Å². The number of sulfone groups is 1. The van der Waals surface area contributed by atoms with E-state index in [0.717, 1.165) is 11.1 Å². The van der Waals surface area contributed by atoms with Gasteiger partial charge in [0, 0.05) is 24.5 Å². The van der Waals surface area contributed by atoms with Crippen molar-refractivity contribution in [1.82, 2.24) is 4.90 Å². The molecule has 34 heavy (non-hydrogen) atoms. The molecule has 0 saturated carbocycles. The number of benzene rings is 3. The molecule has 3 aromatic rings. The minimum Gasteiger partial charge on any atom is -0.493 e. The Morgan fingerprint density at radius 3 is 2.35 bits per heavy atom. The SMILES string of the molecule is COc1ccc(CCC(=O)N2CC(S(=O)(=O)c3ccc(Cl)cc3)C2)cc1OCc1ccccc1. The number of methoxy groups -OCH3 is 1. The van der Waals surface area contributed by atoms with Gasteiger partial charge in [0.25, 0.3) is 0 Å². The van der Waals surface area contributed by atoms with Crippen molar-refractivity contribution < 1.29 is 22.7 Å². The first kappa shape index (κ1) is 24.1. The van der Waals surface area contributed by atoms with Crippen LogP contribution in [-0.2, 0) is 27.7 Å². The summed E-state index contributed by atoms with van der Waals surface area (Å²) in [5.41, 5.74) is 1.99. The van der Waals surface area contributed by atoms with E-state index in [-0.39, 0.29) is 30.3 Å². The zero-order valence-corrected chi connectivity index (χ0v) is 20.4. The first-order valence-corrected chi connectivity index (χ1v) is 12.9. The molecule has 4 rings (SSSR count). The highest BCUT2D eigenvalue weighted by molar-refractivity contribution is 7.92. The summed E-state index contributed by atoms with van der Waals surface area (Å²) in [6, 6.07) is 21.6. The van der Waals surface area contributed by atoms with Crippen molar-refractivity contribution in [3.05, 3.63) is 88.9 Å². The number of ether oxygens (including phenoxy) is 2. The maximum Gasteiger partial charge on any atom is 0.222 e. The summed E-state index contributed by atoms with van der Waals surface area (Å²) in [6.45, 7) is 0.826. The summed E-state index contributed by atoms with van der Waals surface area (Å²) >= 11 is 5.85. The second-order valence-electron chi connectivity index (χ2n) is 8.18. The Balaban J connectivity index is 1.31. The fourth-order valence-electron chi connectivity index (χ4n) is 3.79. The smallest absolute Gasteiger partial charge is 0.222 e. The third-order valence-electron chi connectivity index (χ3n) is 5.87. The van der Waals surface area contributed by atoms with Gasteiger partial charge in [-0.3, -0.25) is 4.79 Å². The van der Waals surface area contributed by atoms with Crippen molar-refractivity contribution in [1.29, 1.82) is 0 Å². The first-order valence-electron chi connectivity index (χ1n) is 11.0. The Hall–Kier alpha value is -3.03. The molecule has 8 heteroatoms. The van der Waals surface area contributed by atoms with E-state index < -0.39 is 15.1 Å². The molecule has 3 aromatic carbocycles.